The number of benzene rings is 8. The van der Waals surface area contributed by atoms with Crippen molar-refractivity contribution >= 4 is 75.9 Å². The molecular formula is C48H31N3. The predicted octanol–water partition coefficient (Wildman–Crippen LogP) is 12.7. The number of aromatic nitrogens is 3. The number of hydrogen-bond acceptors (Lipinski definition) is 1. The van der Waals surface area contributed by atoms with Crippen molar-refractivity contribution in [1.82, 2.24) is 14.1 Å². The summed E-state index contributed by atoms with van der Waals surface area (Å²) in [5.74, 6) is 0.961. The predicted molar refractivity (Wildman–Crippen MR) is 216 cm³/mol. The highest BCUT2D eigenvalue weighted by molar-refractivity contribution is 6.23. The zero-order valence-electron chi connectivity index (χ0n) is 28.0. The molecule has 0 N–H and O–H groups in total. The van der Waals surface area contributed by atoms with Gasteiger partial charge in [-0.15, -0.1) is 0 Å². The second kappa shape index (κ2) is 10.6. The Morgan fingerprint density at radius 3 is 1.84 bits per heavy atom. The molecule has 8 aromatic carbocycles. The molecule has 0 fully saturated rings. The van der Waals surface area contributed by atoms with Gasteiger partial charge in [0.15, 0.2) is 0 Å². The lowest BCUT2D eigenvalue weighted by Gasteiger charge is -2.16. The fourth-order valence-corrected chi connectivity index (χ4v) is 8.56. The van der Waals surface area contributed by atoms with E-state index in [9.17, 15) is 0 Å². The summed E-state index contributed by atoms with van der Waals surface area (Å²) in [6.45, 7) is 2.21. The first-order valence-electron chi connectivity index (χ1n) is 17.6. The van der Waals surface area contributed by atoms with Crippen LogP contribution in [-0.2, 0) is 0 Å². The summed E-state index contributed by atoms with van der Waals surface area (Å²) in [6.07, 6.45) is 0. The number of pyridine rings is 1. The first kappa shape index (κ1) is 28.2. The summed E-state index contributed by atoms with van der Waals surface area (Å²) in [5.41, 5.74) is 9.19. The molecule has 3 aromatic heterocycles. The first-order valence-corrected chi connectivity index (χ1v) is 17.6. The number of fused-ring (bicyclic) bond motifs is 11. The van der Waals surface area contributed by atoms with Crippen LogP contribution in [0.4, 0.5) is 0 Å². The van der Waals surface area contributed by atoms with Gasteiger partial charge in [0.1, 0.15) is 5.82 Å². The summed E-state index contributed by atoms with van der Waals surface area (Å²) >= 11 is 0. The van der Waals surface area contributed by atoms with Crippen LogP contribution in [0.25, 0.3) is 98.7 Å². The molecule has 0 bridgehead atoms. The molecule has 51 heavy (non-hydrogen) atoms. The summed E-state index contributed by atoms with van der Waals surface area (Å²) in [6, 6.07) is 61.6. The molecular weight excluding hydrogens is 619 g/mol. The average Bonchev–Trinajstić information content (AvgIpc) is 3.72. The maximum atomic E-state index is 5.51. The zero-order valence-corrected chi connectivity index (χ0v) is 28.0. The highest BCUT2D eigenvalue weighted by Gasteiger charge is 2.21. The summed E-state index contributed by atoms with van der Waals surface area (Å²) in [4.78, 5) is 5.51. The van der Waals surface area contributed by atoms with Crippen LogP contribution in [0.15, 0.2) is 170 Å². The van der Waals surface area contributed by atoms with Crippen molar-refractivity contribution in [2.75, 3.05) is 0 Å². The molecule has 3 nitrogen and oxygen atoms in total. The minimum atomic E-state index is 0.961. The molecule has 3 heteroatoms. The number of hydrogen-bond donors (Lipinski definition) is 0. The van der Waals surface area contributed by atoms with Crippen molar-refractivity contribution < 1.29 is 0 Å². The van der Waals surface area contributed by atoms with E-state index in [1.165, 1.54) is 70.5 Å². The average molecular weight is 650 g/mol. The van der Waals surface area contributed by atoms with E-state index < -0.39 is 0 Å². The van der Waals surface area contributed by atoms with E-state index in [2.05, 4.69) is 186 Å². The van der Waals surface area contributed by atoms with Crippen molar-refractivity contribution in [3.05, 3.63) is 175 Å². The lowest BCUT2D eigenvalue weighted by atomic mass is 10.0. The van der Waals surface area contributed by atoms with Crippen molar-refractivity contribution in [3.63, 3.8) is 0 Å². The van der Waals surface area contributed by atoms with Crippen LogP contribution in [0, 0.1) is 6.92 Å². The van der Waals surface area contributed by atoms with Crippen LogP contribution in [-0.4, -0.2) is 14.1 Å². The number of nitrogens with zero attached hydrogens (tertiary/aromatic N) is 3. The van der Waals surface area contributed by atoms with Gasteiger partial charge in [0.2, 0.25) is 0 Å². The molecule has 0 aliphatic carbocycles. The number of para-hydroxylation sites is 2. The fourth-order valence-electron chi connectivity index (χ4n) is 8.56. The van der Waals surface area contributed by atoms with E-state index in [4.69, 9.17) is 4.98 Å². The summed E-state index contributed by atoms with van der Waals surface area (Å²) in [7, 11) is 0. The first-order chi connectivity index (χ1) is 25.2. The van der Waals surface area contributed by atoms with Crippen LogP contribution < -0.4 is 0 Å². The van der Waals surface area contributed by atoms with E-state index in [0.717, 1.165) is 33.8 Å². The van der Waals surface area contributed by atoms with Crippen LogP contribution >= 0.6 is 0 Å². The molecule has 0 aliphatic rings. The molecule has 3 heterocycles. The second-order valence-corrected chi connectivity index (χ2v) is 13.6. The van der Waals surface area contributed by atoms with Gasteiger partial charge in [-0.05, 0) is 58.8 Å². The third-order valence-corrected chi connectivity index (χ3v) is 10.9. The number of rotatable bonds is 3. The zero-order chi connectivity index (χ0) is 33.6. The lowest BCUT2D eigenvalue weighted by molar-refractivity contribution is 1.07. The molecule has 0 saturated heterocycles. The Kier molecular flexibility index (Phi) is 5.88. The van der Waals surface area contributed by atoms with Gasteiger partial charge >= 0.3 is 0 Å². The fraction of sp³-hybridized carbons (Fsp3) is 0.0208. The maximum Gasteiger partial charge on any atom is 0.141 e. The Morgan fingerprint density at radius 2 is 1.02 bits per heavy atom. The van der Waals surface area contributed by atoms with Gasteiger partial charge in [-0.1, -0.05) is 140 Å². The van der Waals surface area contributed by atoms with Gasteiger partial charge in [0.05, 0.1) is 27.8 Å². The third-order valence-electron chi connectivity index (χ3n) is 10.9. The van der Waals surface area contributed by atoms with Crippen molar-refractivity contribution in [1.29, 1.82) is 0 Å². The number of aryl methyl sites for hydroxylation is 1. The molecule has 0 unspecified atom stereocenters. The van der Waals surface area contributed by atoms with Crippen LogP contribution in [0.3, 0.4) is 0 Å². The minimum Gasteiger partial charge on any atom is -0.309 e. The molecule has 0 atom stereocenters. The van der Waals surface area contributed by atoms with Gasteiger partial charge < -0.3 is 4.57 Å². The smallest absolute Gasteiger partial charge is 0.141 e. The Morgan fingerprint density at radius 1 is 0.412 bits per heavy atom. The van der Waals surface area contributed by atoms with Crippen LogP contribution in [0.1, 0.15) is 5.56 Å². The molecule has 11 aromatic rings. The standard InChI is InChI=1S/C48H31N3/c1-30-35-16-7-8-19-38(35)46(33-14-3-2-4-15-33)49-48(30)51-43-22-12-10-20-40(43)45-41-29-34(26-23-32(41)25-28-44(45)51)50-42-21-11-9-18-37(42)39-27-24-31-13-5-6-17-36(31)47(39)50/h2-29H,1H3. The molecule has 0 saturated carbocycles. The topological polar surface area (TPSA) is 22.8 Å². The minimum absolute atomic E-state index is 0.961. The van der Waals surface area contributed by atoms with Gasteiger partial charge in [0.25, 0.3) is 0 Å². The van der Waals surface area contributed by atoms with Gasteiger partial charge in [-0.2, -0.15) is 0 Å². The quantitative estimate of drug-likeness (QED) is 0.187. The Labute approximate surface area is 294 Å². The van der Waals surface area contributed by atoms with E-state index >= 15 is 0 Å². The van der Waals surface area contributed by atoms with Gasteiger partial charge in [0, 0.05) is 49.1 Å². The molecule has 238 valence electrons. The summed E-state index contributed by atoms with van der Waals surface area (Å²) < 4.78 is 4.85. The van der Waals surface area contributed by atoms with Crippen LogP contribution in [0.5, 0.6) is 0 Å². The normalized spacial score (nSPS) is 12.0. The Balaban J connectivity index is 1.25. The molecule has 0 aliphatic heterocycles. The Hall–Kier alpha value is -6.71. The third kappa shape index (κ3) is 3.97. The van der Waals surface area contributed by atoms with E-state index in [-0.39, 0.29) is 0 Å². The Bertz CT molecular complexity index is 3200. The molecule has 0 amide bonds. The largest absolute Gasteiger partial charge is 0.309 e. The van der Waals surface area contributed by atoms with E-state index in [0.29, 0.717) is 0 Å². The molecule has 0 spiro atoms. The molecule has 0 radical (unpaired) electrons. The highest BCUT2D eigenvalue weighted by Crippen LogP contribution is 2.42. The van der Waals surface area contributed by atoms with Crippen molar-refractivity contribution in [3.8, 4) is 22.8 Å². The molecule has 11 rings (SSSR count). The maximum absolute atomic E-state index is 5.51. The van der Waals surface area contributed by atoms with E-state index in [1.807, 2.05) is 0 Å². The highest BCUT2D eigenvalue weighted by atomic mass is 15.1. The second-order valence-electron chi connectivity index (χ2n) is 13.6. The van der Waals surface area contributed by atoms with Crippen LogP contribution in [0.2, 0.25) is 0 Å². The van der Waals surface area contributed by atoms with Gasteiger partial charge in [-0.3, -0.25) is 4.57 Å². The van der Waals surface area contributed by atoms with Crippen molar-refractivity contribution in [2.24, 2.45) is 0 Å². The monoisotopic (exact) mass is 649 g/mol. The van der Waals surface area contributed by atoms with Crippen molar-refractivity contribution in [2.45, 2.75) is 6.92 Å². The SMILES string of the molecule is Cc1c(-n2c3ccccc3c3c4cc(-n5c6ccccc6c6ccc7ccccc7c65)ccc4ccc32)nc(-c2ccccc2)c2ccccc12. The van der Waals surface area contributed by atoms with Gasteiger partial charge in [-0.25, -0.2) is 4.98 Å². The van der Waals surface area contributed by atoms with E-state index in [1.54, 1.807) is 0 Å². The summed E-state index contributed by atoms with van der Waals surface area (Å²) in [5, 5.41) is 12.3. The lowest BCUT2D eigenvalue weighted by Crippen LogP contribution is -2.03.